The zero-order valence-electron chi connectivity index (χ0n) is 14.4. The lowest BCUT2D eigenvalue weighted by Crippen LogP contribution is -2.32. The van der Waals surface area contributed by atoms with E-state index >= 15 is 0 Å². The number of anilines is 1. The van der Waals surface area contributed by atoms with Crippen molar-refractivity contribution >= 4 is 29.2 Å². The third-order valence-corrected chi connectivity index (χ3v) is 4.35. The van der Waals surface area contributed by atoms with Crippen LogP contribution in [0, 0.1) is 0 Å². The summed E-state index contributed by atoms with van der Waals surface area (Å²) in [5.74, 6) is -2.45. The molecule has 0 saturated carbocycles. The van der Waals surface area contributed by atoms with Crippen LogP contribution in [0.2, 0.25) is 5.02 Å². The molecule has 1 unspecified atom stereocenters. The number of aliphatic carboxylic acids is 1. The summed E-state index contributed by atoms with van der Waals surface area (Å²) < 4.78 is 5.26. The van der Waals surface area contributed by atoms with E-state index in [1.54, 1.807) is 32.0 Å². The maximum atomic E-state index is 12.6. The van der Waals surface area contributed by atoms with Crippen molar-refractivity contribution in [1.29, 1.82) is 0 Å². The zero-order valence-corrected chi connectivity index (χ0v) is 15.1. The molecule has 1 aromatic carbocycles. The second-order valence-corrected chi connectivity index (χ2v) is 6.26. The number of benzene rings is 1. The molecule has 0 bridgehead atoms. The molecular formula is C18H21ClN2O4. The van der Waals surface area contributed by atoms with E-state index in [1.165, 1.54) is 0 Å². The van der Waals surface area contributed by atoms with Gasteiger partial charge < -0.3 is 20.9 Å². The number of esters is 1. The normalized spacial score (nSPS) is 17.4. The van der Waals surface area contributed by atoms with E-state index in [2.05, 4.69) is 5.32 Å². The Balaban J connectivity index is 2.62. The molecule has 0 saturated heterocycles. The maximum Gasteiger partial charge on any atom is 0.336 e. The van der Waals surface area contributed by atoms with Gasteiger partial charge in [0.2, 0.25) is 0 Å². The van der Waals surface area contributed by atoms with Crippen LogP contribution in [0.4, 0.5) is 5.69 Å². The first-order valence-corrected chi connectivity index (χ1v) is 8.29. The molecule has 0 amide bonds. The Kier molecular flexibility index (Phi) is 5.74. The molecule has 0 radical (unpaired) electrons. The van der Waals surface area contributed by atoms with Crippen LogP contribution < -0.4 is 11.1 Å². The molecular weight excluding hydrogens is 344 g/mol. The Hall–Kier alpha value is -2.47. The number of carbonyl (C=O) groups is 2. The number of ether oxygens (including phenoxy) is 1. The summed E-state index contributed by atoms with van der Waals surface area (Å²) in [7, 11) is 0. The van der Waals surface area contributed by atoms with Gasteiger partial charge >= 0.3 is 11.9 Å². The fourth-order valence-corrected chi connectivity index (χ4v) is 3.01. The standard InChI is InChI=1S/C18H21ClN2O4/c1-4-7-25-18(24)15-10(3)21-9(2)14(17(22)23)16(15)11-5-6-12(19)13(20)8-11/h5-6,8,16,21H,4,7,20H2,1-3H3,(H,22,23). The lowest BCUT2D eigenvalue weighted by Gasteiger charge is -2.29. The number of carboxylic acids is 1. The number of allylic oxidation sites excluding steroid dienone is 2. The first kappa shape index (κ1) is 18.9. The summed E-state index contributed by atoms with van der Waals surface area (Å²) in [5, 5.41) is 13.0. The molecule has 1 aliphatic heterocycles. The van der Waals surface area contributed by atoms with Crippen molar-refractivity contribution in [2.75, 3.05) is 12.3 Å². The minimum absolute atomic E-state index is 0.0794. The highest BCUT2D eigenvalue weighted by atomic mass is 35.5. The number of carboxylic acid groups (broad SMARTS) is 1. The Labute approximate surface area is 151 Å². The first-order valence-electron chi connectivity index (χ1n) is 7.91. The number of carbonyl (C=O) groups excluding carboxylic acids is 1. The summed E-state index contributed by atoms with van der Waals surface area (Å²) >= 11 is 5.97. The Morgan fingerprint density at radius 2 is 1.92 bits per heavy atom. The molecule has 1 heterocycles. The Morgan fingerprint density at radius 1 is 1.28 bits per heavy atom. The lowest BCUT2D eigenvalue weighted by molar-refractivity contribution is -0.139. The van der Waals surface area contributed by atoms with Gasteiger partial charge in [0.1, 0.15) is 0 Å². The fraction of sp³-hybridized carbons (Fsp3) is 0.333. The average molecular weight is 365 g/mol. The molecule has 1 aliphatic rings. The molecule has 1 aromatic rings. The van der Waals surface area contributed by atoms with Gasteiger partial charge in [0, 0.05) is 11.4 Å². The number of nitrogens with one attached hydrogen (secondary N) is 1. The highest BCUT2D eigenvalue weighted by Gasteiger charge is 2.37. The molecule has 0 aliphatic carbocycles. The van der Waals surface area contributed by atoms with Gasteiger partial charge in [0.25, 0.3) is 0 Å². The number of halogens is 1. The molecule has 0 aromatic heterocycles. The fourth-order valence-electron chi connectivity index (χ4n) is 2.90. The number of hydrogen-bond donors (Lipinski definition) is 3. The van der Waals surface area contributed by atoms with Gasteiger partial charge in [0.05, 0.1) is 34.4 Å². The molecule has 4 N–H and O–H groups in total. The summed E-state index contributed by atoms with van der Waals surface area (Å²) in [4.78, 5) is 24.4. The maximum absolute atomic E-state index is 12.6. The monoisotopic (exact) mass is 364 g/mol. The van der Waals surface area contributed by atoms with Crippen molar-refractivity contribution in [3.63, 3.8) is 0 Å². The Morgan fingerprint density at radius 3 is 2.48 bits per heavy atom. The van der Waals surface area contributed by atoms with Gasteiger partial charge in [-0.1, -0.05) is 24.6 Å². The second-order valence-electron chi connectivity index (χ2n) is 5.86. The van der Waals surface area contributed by atoms with E-state index in [0.717, 1.165) is 0 Å². The molecule has 2 rings (SSSR count). The minimum Gasteiger partial charge on any atom is -0.478 e. The van der Waals surface area contributed by atoms with Crippen molar-refractivity contribution in [3.8, 4) is 0 Å². The van der Waals surface area contributed by atoms with Crippen molar-refractivity contribution in [2.24, 2.45) is 0 Å². The summed E-state index contributed by atoms with van der Waals surface area (Å²) in [5.41, 5.74) is 8.13. The largest absolute Gasteiger partial charge is 0.478 e. The van der Waals surface area contributed by atoms with Crippen LogP contribution >= 0.6 is 11.6 Å². The molecule has 6 nitrogen and oxygen atoms in total. The third-order valence-electron chi connectivity index (χ3n) is 4.00. The predicted octanol–water partition coefficient (Wildman–Crippen LogP) is 3.19. The molecule has 0 fully saturated rings. The van der Waals surface area contributed by atoms with E-state index in [-0.39, 0.29) is 17.8 Å². The van der Waals surface area contributed by atoms with Crippen LogP contribution in [0.15, 0.2) is 40.7 Å². The molecule has 25 heavy (non-hydrogen) atoms. The van der Waals surface area contributed by atoms with Crippen molar-refractivity contribution in [3.05, 3.63) is 51.3 Å². The van der Waals surface area contributed by atoms with E-state index < -0.39 is 17.9 Å². The van der Waals surface area contributed by atoms with Crippen molar-refractivity contribution in [1.82, 2.24) is 5.32 Å². The summed E-state index contributed by atoms with van der Waals surface area (Å²) in [6.45, 7) is 5.53. The van der Waals surface area contributed by atoms with Gasteiger partial charge in [-0.05, 0) is 38.0 Å². The zero-order chi connectivity index (χ0) is 18.7. The topological polar surface area (TPSA) is 102 Å². The number of rotatable bonds is 5. The highest BCUT2D eigenvalue weighted by Crippen LogP contribution is 2.40. The number of dihydropyridines is 1. The number of hydrogen-bond acceptors (Lipinski definition) is 5. The van der Waals surface area contributed by atoms with E-state index in [4.69, 9.17) is 22.1 Å². The van der Waals surface area contributed by atoms with Crippen LogP contribution in [0.1, 0.15) is 38.7 Å². The molecule has 7 heteroatoms. The van der Waals surface area contributed by atoms with E-state index in [0.29, 0.717) is 34.1 Å². The third kappa shape index (κ3) is 3.79. The average Bonchev–Trinajstić information content (AvgIpc) is 2.54. The van der Waals surface area contributed by atoms with Gasteiger partial charge in [-0.2, -0.15) is 0 Å². The van der Waals surface area contributed by atoms with Crippen molar-refractivity contribution < 1.29 is 19.4 Å². The molecule has 0 spiro atoms. The predicted molar refractivity (Wildman–Crippen MR) is 96.0 cm³/mol. The van der Waals surface area contributed by atoms with Crippen molar-refractivity contribution in [2.45, 2.75) is 33.1 Å². The Bertz CT molecular complexity index is 783. The van der Waals surface area contributed by atoms with Gasteiger partial charge in [0.15, 0.2) is 0 Å². The summed E-state index contributed by atoms with van der Waals surface area (Å²) in [6.07, 6.45) is 0.671. The lowest BCUT2D eigenvalue weighted by atomic mass is 9.80. The number of nitrogens with two attached hydrogens (primary N) is 1. The number of nitrogen functional groups attached to an aromatic ring is 1. The quantitative estimate of drug-likeness (QED) is 0.547. The smallest absolute Gasteiger partial charge is 0.336 e. The highest BCUT2D eigenvalue weighted by molar-refractivity contribution is 6.33. The van der Waals surface area contributed by atoms with Gasteiger partial charge in [-0.25, -0.2) is 9.59 Å². The van der Waals surface area contributed by atoms with E-state index in [9.17, 15) is 14.7 Å². The van der Waals surface area contributed by atoms with Crippen LogP contribution in [-0.2, 0) is 14.3 Å². The van der Waals surface area contributed by atoms with Crippen LogP contribution in [0.3, 0.4) is 0 Å². The summed E-state index contributed by atoms with van der Waals surface area (Å²) in [6, 6.07) is 4.85. The van der Waals surface area contributed by atoms with Crippen LogP contribution in [-0.4, -0.2) is 23.7 Å². The first-order chi connectivity index (χ1) is 11.8. The van der Waals surface area contributed by atoms with E-state index in [1.807, 2.05) is 6.92 Å². The molecule has 134 valence electrons. The minimum atomic E-state index is -1.11. The van der Waals surface area contributed by atoms with Gasteiger partial charge in [-0.15, -0.1) is 0 Å². The van der Waals surface area contributed by atoms with Crippen LogP contribution in [0.25, 0.3) is 0 Å². The SMILES string of the molecule is CCCOC(=O)C1=C(C)NC(C)=C(C(=O)O)C1c1ccc(Cl)c(N)c1. The molecule has 1 atom stereocenters. The second kappa shape index (κ2) is 7.61. The van der Waals surface area contributed by atoms with Crippen LogP contribution in [0.5, 0.6) is 0 Å². The van der Waals surface area contributed by atoms with Gasteiger partial charge in [-0.3, -0.25) is 0 Å².